The van der Waals surface area contributed by atoms with Crippen LogP contribution in [-0.4, -0.2) is 31.3 Å². The summed E-state index contributed by atoms with van der Waals surface area (Å²) < 4.78 is 31.9. The molecule has 0 aromatic heterocycles. The molecule has 0 spiro atoms. The minimum atomic E-state index is -0.463. The Kier molecular flexibility index (Phi) is 9.84. The van der Waals surface area contributed by atoms with Crippen molar-refractivity contribution in [1.29, 1.82) is 0 Å². The monoisotopic (exact) mass is 491 g/mol. The highest BCUT2D eigenvalue weighted by Crippen LogP contribution is 2.29. The molecular formula is C19H24F2IN3O2. The number of ether oxygens (including phenoxy) is 1. The lowest BCUT2D eigenvalue weighted by molar-refractivity contribution is 0.370. The molecule has 3 N–H and O–H groups in total. The molecule has 0 unspecified atom stereocenters. The predicted octanol–water partition coefficient (Wildman–Crippen LogP) is 3.59. The van der Waals surface area contributed by atoms with Crippen molar-refractivity contribution < 1.29 is 18.6 Å². The number of benzene rings is 2. The highest BCUT2D eigenvalue weighted by Gasteiger charge is 2.08. The van der Waals surface area contributed by atoms with Gasteiger partial charge >= 0.3 is 0 Å². The molecule has 0 radical (unpaired) electrons. The van der Waals surface area contributed by atoms with Gasteiger partial charge in [0.15, 0.2) is 17.5 Å². The summed E-state index contributed by atoms with van der Waals surface area (Å²) in [6.07, 6.45) is 0.318. The highest BCUT2D eigenvalue weighted by atomic mass is 127. The molecule has 0 aliphatic heterocycles. The molecule has 2 aromatic rings. The first-order chi connectivity index (χ1) is 12.5. The first kappa shape index (κ1) is 22.9. The molecule has 27 heavy (non-hydrogen) atoms. The second kappa shape index (κ2) is 11.6. The van der Waals surface area contributed by atoms with Gasteiger partial charge in [-0.1, -0.05) is 12.1 Å². The Morgan fingerprint density at radius 2 is 1.93 bits per heavy atom. The average molecular weight is 491 g/mol. The first-order valence-corrected chi connectivity index (χ1v) is 8.36. The molecule has 148 valence electrons. The number of para-hydroxylation sites is 1. The van der Waals surface area contributed by atoms with Crippen LogP contribution in [0.3, 0.4) is 0 Å². The second-order valence-corrected chi connectivity index (χ2v) is 5.58. The maximum atomic E-state index is 13.6. The lowest BCUT2D eigenvalue weighted by Gasteiger charge is -2.12. The number of aliphatic imine (C=N–C) groups is 1. The molecule has 8 heteroatoms. The molecule has 0 aliphatic carbocycles. The number of nitrogens with one attached hydrogen (secondary N) is 2. The number of rotatable bonds is 7. The Balaban J connectivity index is 0.00000364. The zero-order valence-electron chi connectivity index (χ0n) is 15.3. The highest BCUT2D eigenvalue weighted by molar-refractivity contribution is 14.0. The molecule has 0 saturated heterocycles. The number of nitrogens with zero attached hydrogens (tertiary/aromatic N) is 1. The Labute approximate surface area is 174 Å². The summed E-state index contributed by atoms with van der Waals surface area (Å²) in [5, 5.41) is 16.2. The maximum Gasteiger partial charge on any atom is 0.191 e. The minimum absolute atomic E-state index is 0. The molecule has 2 aromatic carbocycles. The summed E-state index contributed by atoms with van der Waals surface area (Å²) in [6.45, 7) is 3.19. The fourth-order valence-electron chi connectivity index (χ4n) is 2.42. The minimum Gasteiger partial charge on any atom is -0.504 e. The van der Waals surface area contributed by atoms with Crippen molar-refractivity contribution in [1.82, 2.24) is 10.6 Å². The van der Waals surface area contributed by atoms with E-state index in [1.165, 1.54) is 13.2 Å². The quantitative estimate of drug-likeness (QED) is 0.315. The molecular weight excluding hydrogens is 467 g/mol. The maximum absolute atomic E-state index is 13.6. The number of hydrogen-bond acceptors (Lipinski definition) is 3. The van der Waals surface area contributed by atoms with Gasteiger partial charge in [-0.3, -0.25) is 0 Å². The summed E-state index contributed by atoms with van der Waals surface area (Å²) in [4.78, 5) is 4.40. The zero-order valence-corrected chi connectivity index (χ0v) is 17.6. The third kappa shape index (κ3) is 6.85. The van der Waals surface area contributed by atoms with Gasteiger partial charge in [-0.2, -0.15) is 0 Å². The van der Waals surface area contributed by atoms with Gasteiger partial charge in [0.2, 0.25) is 0 Å². The fraction of sp³-hybridized carbons (Fsp3) is 0.316. The molecule has 5 nitrogen and oxygen atoms in total. The van der Waals surface area contributed by atoms with Crippen LogP contribution < -0.4 is 15.4 Å². The average Bonchev–Trinajstić information content (AvgIpc) is 2.63. The van der Waals surface area contributed by atoms with Crippen LogP contribution in [0, 0.1) is 11.6 Å². The van der Waals surface area contributed by atoms with Gasteiger partial charge in [-0.05, 0) is 43.2 Å². The fourth-order valence-corrected chi connectivity index (χ4v) is 2.42. The van der Waals surface area contributed by atoms with Gasteiger partial charge in [0.1, 0.15) is 11.6 Å². The van der Waals surface area contributed by atoms with Gasteiger partial charge in [0.05, 0.1) is 13.7 Å². The van der Waals surface area contributed by atoms with Crippen molar-refractivity contribution >= 4 is 29.9 Å². The van der Waals surface area contributed by atoms with E-state index in [-0.39, 0.29) is 36.3 Å². The van der Waals surface area contributed by atoms with Crippen LogP contribution in [0.1, 0.15) is 18.1 Å². The second-order valence-electron chi connectivity index (χ2n) is 5.58. The number of hydrogen-bond donors (Lipinski definition) is 3. The lowest BCUT2D eigenvalue weighted by atomic mass is 10.1. The third-order valence-corrected chi connectivity index (χ3v) is 3.75. The SMILES string of the molecule is CCNC(=NCc1cccc(OC)c1O)NCCc1cc(F)ccc1F.I. The number of phenols is 1. The topological polar surface area (TPSA) is 65.9 Å². The number of guanidine groups is 1. The van der Waals surface area contributed by atoms with Crippen molar-refractivity contribution in [3.05, 3.63) is 59.2 Å². The van der Waals surface area contributed by atoms with E-state index in [2.05, 4.69) is 15.6 Å². The Bertz CT molecular complexity index is 773. The normalized spacial score (nSPS) is 10.9. The van der Waals surface area contributed by atoms with E-state index in [9.17, 15) is 13.9 Å². The van der Waals surface area contributed by atoms with Gasteiger partial charge in [0.25, 0.3) is 0 Å². The Morgan fingerprint density at radius 1 is 1.15 bits per heavy atom. The van der Waals surface area contributed by atoms with Crippen LogP contribution >= 0.6 is 24.0 Å². The van der Waals surface area contributed by atoms with Gasteiger partial charge in [-0.15, -0.1) is 24.0 Å². The molecule has 0 heterocycles. The van der Waals surface area contributed by atoms with Crippen LogP contribution in [0.2, 0.25) is 0 Å². The van der Waals surface area contributed by atoms with Gasteiger partial charge in [-0.25, -0.2) is 13.8 Å². The molecule has 0 fully saturated rings. The summed E-state index contributed by atoms with van der Waals surface area (Å²) in [7, 11) is 1.49. The van der Waals surface area contributed by atoms with Crippen LogP contribution in [0.15, 0.2) is 41.4 Å². The Morgan fingerprint density at radius 3 is 2.63 bits per heavy atom. The number of methoxy groups -OCH3 is 1. The summed E-state index contributed by atoms with van der Waals surface area (Å²) in [6, 6.07) is 8.60. The smallest absolute Gasteiger partial charge is 0.191 e. The predicted molar refractivity (Wildman–Crippen MR) is 113 cm³/mol. The van der Waals surface area contributed by atoms with E-state index in [0.29, 0.717) is 42.3 Å². The van der Waals surface area contributed by atoms with Crippen LogP contribution in [-0.2, 0) is 13.0 Å². The summed E-state index contributed by atoms with van der Waals surface area (Å²) in [5.41, 5.74) is 0.927. The van der Waals surface area contributed by atoms with Crippen LogP contribution in [0.5, 0.6) is 11.5 Å². The molecule has 0 amide bonds. The standard InChI is InChI=1S/C19H23F2N3O2.HI/c1-3-22-19(23-10-9-13-11-15(20)7-8-16(13)21)24-12-14-5-4-6-17(26-2)18(14)25;/h4-8,11,25H,3,9-10,12H2,1-2H3,(H2,22,23,24);1H. The summed E-state index contributed by atoms with van der Waals surface area (Å²) >= 11 is 0. The van der Waals surface area contributed by atoms with Crippen molar-refractivity contribution in [2.24, 2.45) is 4.99 Å². The zero-order chi connectivity index (χ0) is 18.9. The van der Waals surface area contributed by atoms with Crippen LogP contribution in [0.25, 0.3) is 0 Å². The molecule has 0 saturated carbocycles. The largest absolute Gasteiger partial charge is 0.504 e. The van der Waals surface area contributed by atoms with Crippen LogP contribution in [0.4, 0.5) is 8.78 Å². The van der Waals surface area contributed by atoms with E-state index < -0.39 is 11.6 Å². The van der Waals surface area contributed by atoms with Crippen molar-refractivity contribution in [2.45, 2.75) is 19.9 Å². The Hall–Kier alpha value is -2.10. The number of phenolic OH excluding ortho intramolecular Hbond substituents is 1. The number of halogens is 3. The van der Waals surface area contributed by atoms with Crippen molar-refractivity contribution in [2.75, 3.05) is 20.2 Å². The van der Waals surface area contributed by atoms with Gasteiger partial charge in [0, 0.05) is 18.7 Å². The van der Waals surface area contributed by atoms with E-state index in [1.807, 2.05) is 6.92 Å². The number of aromatic hydroxyl groups is 1. The molecule has 0 atom stereocenters. The molecule has 0 bridgehead atoms. The van der Waals surface area contributed by atoms with Crippen molar-refractivity contribution in [3.8, 4) is 11.5 Å². The lowest BCUT2D eigenvalue weighted by Crippen LogP contribution is -2.38. The van der Waals surface area contributed by atoms with E-state index in [1.54, 1.807) is 18.2 Å². The van der Waals surface area contributed by atoms with E-state index >= 15 is 0 Å². The third-order valence-electron chi connectivity index (χ3n) is 3.75. The van der Waals surface area contributed by atoms with Gasteiger partial charge < -0.3 is 20.5 Å². The first-order valence-electron chi connectivity index (χ1n) is 8.36. The molecule has 0 aliphatic rings. The molecule has 2 rings (SSSR count). The van der Waals surface area contributed by atoms with Crippen molar-refractivity contribution in [3.63, 3.8) is 0 Å². The van der Waals surface area contributed by atoms with E-state index in [0.717, 1.165) is 12.1 Å². The summed E-state index contributed by atoms with van der Waals surface area (Å²) in [5.74, 6) is 0.0621. The van der Waals surface area contributed by atoms with E-state index in [4.69, 9.17) is 4.74 Å².